The second kappa shape index (κ2) is 8.03. The monoisotopic (exact) mass is 322 g/mol. The quantitative estimate of drug-likeness (QED) is 0.795. The SMILES string of the molecule is O=C(CNCCc1cccc(Cl)c1)Nc1ccccc1Cl. The van der Waals surface area contributed by atoms with E-state index in [9.17, 15) is 4.79 Å². The predicted octanol–water partition coefficient (Wildman–Crippen LogP) is 3.76. The van der Waals surface area contributed by atoms with Crippen LogP contribution in [0, 0.1) is 0 Å². The van der Waals surface area contributed by atoms with Gasteiger partial charge in [-0.25, -0.2) is 0 Å². The lowest BCUT2D eigenvalue weighted by Crippen LogP contribution is -2.29. The van der Waals surface area contributed by atoms with Gasteiger partial charge in [-0.05, 0) is 42.8 Å². The van der Waals surface area contributed by atoms with Gasteiger partial charge in [0.2, 0.25) is 5.91 Å². The number of nitrogens with one attached hydrogen (secondary N) is 2. The van der Waals surface area contributed by atoms with Crippen LogP contribution in [0.15, 0.2) is 48.5 Å². The highest BCUT2D eigenvalue weighted by molar-refractivity contribution is 6.33. The Morgan fingerprint density at radius 3 is 2.62 bits per heavy atom. The summed E-state index contributed by atoms with van der Waals surface area (Å²) in [5.41, 5.74) is 1.77. The van der Waals surface area contributed by atoms with E-state index >= 15 is 0 Å². The molecule has 0 saturated carbocycles. The zero-order valence-corrected chi connectivity index (χ0v) is 12.9. The van der Waals surface area contributed by atoms with Crippen molar-refractivity contribution in [3.05, 3.63) is 64.1 Å². The van der Waals surface area contributed by atoms with E-state index in [4.69, 9.17) is 23.2 Å². The largest absolute Gasteiger partial charge is 0.324 e. The van der Waals surface area contributed by atoms with Crippen LogP contribution in [0.1, 0.15) is 5.56 Å². The molecule has 2 rings (SSSR count). The number of hydrogen-bond acceptors (Lipinski definition) is 2. The molecule has 3 nitrogen and oxygen atoms in total. The molecule has 0 saturated heterocycles. The number of anilines is 1. The van der Waals surface area contributed by atoms with Gasteiger partial charge in [0.05, 0.1) is 17.3 Å². The number of rotatable bonds is 6. The number of benzene rings is 2. The Morgan fingerprint density at radius 2 is 1.86 bits per heavy atom. The maximum Gasteiger partial charge on any atom is 0.238 e. The van der Waals surface area contributed by atoms with E-state index in [2.05, 4.69) is 10.6 Å². The highest BCUT2D eigenvalue weighted by Crippen LogP contribution is 2.19. The van der Waals surface area contributed by atoms with Crippen LogP contribution in [-0.2, 0) is 11.2 Å². The summed E-state index contributed by atoms with van der Waals surface area (Å²) < 4.78 is 0. The summed E-state index contributed by atoms with van der Waals surface area (Å²) in [4.78, 5) is 11.8. The van der Waals surface area contributed by atoms with Crippen LogP contribution in [0.2, 0.25) is 10.0 Å². The van der Waals surface area contributed by atoms with Crippen LogP contribution in [-0.4, -0.2) is 19.0 Å². The van der Waals surface area contributed by atoms with Gasteiger partial charge in [-0.1, -0.05) is 47.5 Å². The molecule has 1 amide bonds. The van der Waals surface area contributed by atoms with Gasteiger partial charge in [-0.3, -0.25) is 4.79 Å². The lowest BCUT2D eigenvalue weighted by atomic mass is 10.1. The smallest absolute Gasteiger partial charge is 0.238 e. The topological polar surface area (TPSA) is 41.1 Å². The third-order valence-corrected chi connectivity index (χ3v) is 3.48. The van der Waals surface area contributed by atoms with Crippen LogP contribution in [0.3, 0.4) is 0 Å². The first-order valence-corrected chi connectivity index (χ1v) is 7.40. The first-order chi connectivity index (χ1) is 10.1. The summed E-state index contributed by atoms with van der Waals surface area (Å²) in [5, 5.41) is 7.12. The molecular formula is C16H16Cl2N2O. The standard InChI is InChI=1S/C16H16Cl2N2O/c17-13-5-3-4-12(10-13)8-9-19-11-16(21)20-15-7-2-1-6-14(15)18/h1-7,10,19H,8-9,11H2,(H,20,21). The van der Waals surface area contributed by atoms with E-state index in [1.165, 1.54) is 0 Å². The van der Waals surface area contributed by atoms with E-state index < -0.39 is 0 Å². The third-order valence-electron chi connectivity index (χ3n) is 2.91. The van der Waals surface area contributed by atoms with Gasteiger partial charge in [0.25, 0.3) is 0 Å². The third kappa shape index (κ3) is 5.38. The number of amides is 1. The Morgan fingerprint density at radius 1 is 1.05 bits per heavy atom. The number of para-hydroxylation sites is 1. The van der Waals surface area contributed by atoms with Crippen molar-refractivity contribution < 1.29 is 4.79 Å². The summed E-state index contributed by atoms with van der Waals surface area (Å²) >= 11 is 11.9. The molecule has 0 atom stereocenters. The van der Waals surface area contributed by atoms with Gasteiger partial charge in [0, 0.05) is 5.02 Å². The van der Waals surface area contributed by atoms with Gasteiger partial charge in [0.15, 0.2) is 0 Å². The van der Waals surface area contributed by atoms with E-state index in [1.54, 1.807) is 12.1 Å². The second-order valence-electron chi connectivity index (χ2n) is 4.58. The number of hydrogen-bond donors (Lipinski definition) is 2. The molecule has 5 heteroatoms. The Labute approximate surface area is 134 Å². The Hall–Kier alpha value is -1.55. The highest BCUT2D eigenvalue weighted by atomic mass is 35.5. The zero-order chi connectivity index (χ0) is 15.1. The summed E-state index contributed by atoms with van der Waals surface area (Å²) in [6, 6.07) is 14.9. The Balaban J connectivity index is 1.71. The molecule has 2 aromatic carbocycles. The second-order valence-corrected chi connectivity index (χ2v) is 5.43. The molecule has 21 heavy (non-hydrogen) atoms. The normalized spacial score (nSPS) is 10.4. The summed E-state index contributed by atoms with van der Waals surface area (Å²) in [6.45, 7) is 0.947. The fourth-order valence-corrected chi connectivity index (χ4v) is 2.28. The fourth-order valence-electron chi connectivity index (χ4n) is 1.88. The van der Waals surface area contributed by atoms with Crippen LogP contribution < -0.4 is 10.6 Å². The molecule has 0 heterocycles. The minimum absolute atomic E-state index is 0.116. The lowest BCUT2D eigenvalue weighted by molar-refractivity contribution is -0.115. The van der Waals surface area contributed by atoms with Gasteiger partial charge in [-0.15, -0.1) is 0 Å². The van der Waals surface area contributed by atoms with Crippen molar-refractivity contribution in [1.82, 2.24) is 5.32 Å². The summed E-state index contributed by atoms with van der Waals surface area (Å²) in [5.74, 6) is -0.116. The van der Waals surface area contributed by atoms with Gasteiger partial charge in [-0.2, -0.15) is 0 Å². The molecular weight excluding hydrogens is 307 g/mol. The fraction of sp³-hybridized carbons (Fsp3) is 0.188. The number of halogens is 2. The number of carbonyl (C=O) groups is 1. The van der Waals surface area contributed by atoms with Gasteiger partial charge in [0.1, 0.15) is 0 Å². The van der Waals surface area contributed by atoms with Crippen molar-refractivity contribution in [2.24, 2.45) is 0 Å². The van der Waals surface area contributed by atoms with Crippen LogP contribution in [0.5, 0.6) is 0 Å². The number of carbonyl (C=O) groups excluding carboxylic acids is 1. The van der Waals surface area contributed by atoms with E-state index in [0.29, 0.717) is 17.3 Å². The van der Waals surface area contributed by atoms with Gasteiger partial charge >= 0.3 is 0 Å². The molecule has 0 aliphatic rings. The highest BCUT2D eigenvalue weighted by Gasteiger charge is 2.04. The van der Waals surface area contributed by atoms with Crippen molar-refractivity contribution in [1.29, 1.82) is 0 Å². The molecule has 0 bridgehead atoms. The molecule has 2 aromatic rings. The average molecular weight is 323 g/mol. The molecule has 110 valence electrons. The van der Waals surface area contributed by atoms with Crippen LogP contribution in [0.25, 0.3) is 0 Å². The lowest BCUT2D eigenvalue weighted by Gasteiger charge is -2.08. The summed E-state index contributed by atoms with van der Waals surface area (Å²) in [6.07, 6.45) is 0.819. The van der Waals surface area contributed by atoms with Crippen molar-refractivity contribution in [3.63, 3.8) is 0 Å². The van der Waals surface area contributed by atoms with E-state index in [0.717, 1.165) is 17.0 Å². The first-order valence-electron chi connectivity index (χ1n) is 6.65. The first kappa shape index (κ1) is 15.8. The molecule has 0 fully saturated rings. The molecule has 2 N–H and O–H groups in total. The Bertz CT molecular complexity index is 617. The molecule has 0 spiro atoms. The maximum atomic E-state index is 11.8. The zero-order valence-electron chi connectivity index (χ0n) is 11.4. The minimum Gasteiger partial charge on any atom is -0.324 e. The molecule has 0 radical (unpaired) electrons. The van der Waals surface area contributed by atoms with E-state index in [1.807, 2.05) is 36.4 Å². The van der Waals surface area contributed by atoms with Crippen molar-refractivity contribution in [2.75, 3.05) is 18.4 Å². The van der Waals surface area contributed by atoms with E-state index in [-0.39, 0.29) is 12.5 Å². The Kier molecular flexibility index (Phi) is 6.05. The molecule has 0 aliphatic carbocycles. The van der Waals surface area contributed by atoms with Gasteiger partial charge < -0.3 is 10.6 Å². The van der Waals surface area contributed by atoms with Crippen molar-refractivity contribution in [3.8, 4) is 0 Å². The van der Waals surface area contributed by atoms with Crippen LogP contribution >= 0.6 is 23.2 Å². The minimum atomic E-state index is -0.116. The predicted molar refractivity (Wildman–Crippen MR) is 88.1 cm³/mol. The van der Waals surface area contributed by atoms with Crippen molar-refractivity contribution in [2.45, 2.75) is 6.42 Å². The molecule has 0 unspecified atom stereocenters. The van der Waals surface area contributed by atoms with Crippen LogP contribution in [0.4, 0.5) is 5.69 Å². The molecule has 0 aromatic heterocycles. The summed E-state index contributed by atoms with van der Waals surface area (Å²) in [7, 11) is 0. The van der Waals surface area contributed by atoms with Crippen molar-refractivity contribution >= 4 is 34.8 Å². The average Bonchev–Trinajstić information content (AvgIpc) is 2.46. The maximum absolute atomic E-state index is 11.8. The molecule has 0 aliphatic heterocycles.